The second-order valence-electron chi connectivity index (χ2n) is 7.20. The number of hydrazine groups is 1. The van der Waals surface area contributed by atoms with Crippen LogP contribution in [0.1, 0.15) is 10.4 Å². The molecule has 4 aromatic rings. The third-order valence-electron chi connectivity index (χ3n) is 5.17. The number of nitrogens with one attached hydrogen (secondary N) is 2. The number of anilines is 2. The molecule has 1 aliphatic rings. The molecule has 3 amide bonds. The molecule has 1 aliphatic heterocycles. The highest BCUT2D eigenvalue weighted by Crippen LogP contribution is 2.47. The first-order chi connectivity index (χ1) is 15.7. The quantitative estimate of drug-likeness (QED) is 0.378. The Morgan fingerprint density at radius 2 is 1.12 bits per heavy atom. The van der Waals surface area contributed by atoms with E-state index in [0.29, 0.717) is 5.56 Å². The van der Waals surface area contributed by atoms with E-state index in [9.17, 15) is 9.59 Å². The molecule has 6 heteroatoms. The van der Waals surface area contributed by atoms with Crippen molar-refractivity contribution in [1.82, 2.24) is 10.9 Å². The molecule has 0 atom stereocenters. The lowest BCUT2D eigenvalue weighted by Gasteiger charge is -2.30. The molecule has 0 aromatic heterocycles. The number of amides is 3. The summed E-state index contributed by atoms with van der Waals surface area (Å²) in [5.41, 5.74) is 9.19. The van der Waals surface area contributed by atoms with Gasteiger partial charge in [0.2, 0.25) is 0 Å². The summed E-state index contributed by atoms with van der Waals surface area (Å²) in [6.07, 6.45) is 0. The number of carbonyl (C=O) groups excluding carboxylic acids is 2. The van der Waals surface area contributed by atoms with Gasteiger partial charge in [-0.2, -0.15) is 0 Å². The molecular weight excluding hydrogens is 418 g/mol. The summed E-state index contributed by atoms with van der Waals surface area (Å²) in [7, 11) is 0. The summed E-state index contributed by atoms with van der Waals surface area (Å²) >= 11 is 1.62. The second-order valence-corrected chi connectivity index (χ2v) is 8.28. The molecule has 4 aromatic carbocycles. The lowest BCUT2D eigenvalue weighted by Crippen LogP contribution is -2.48. The van der Waals surface area contributed by atoms with Crippen LogP contribution in [0.3, 0.4) is 0 Å². The van der Waals surface area contributed by atoms with E-state index >= 15 is 0 Å². The van der Waals surface area contributed by atoms with Crippen LogP contribution in [0.5, 0.6) is 0 Å². The Labute approximate surface area is 190 Å². The number of benzene rings is 4. The van der Waals surface area contributed by atoms with Crippen LogP contribution in [0, 0.1) is 0 Å². The number of para-hydroxylation sites is 2. The number of carbonyl (C=O) groups is 2. The van der Waals surface area contributed by atoms with Crippen molar-refractivity contribution >= 4 is 35.1 Å². The van der Waals surface area contributed by atoms with Gasteiger partial charge in [0, 0.05) is 15.4 Å². The van der Waals surface area contributed by atoms with Gasteiger partial charge in [0.05, 0.1) is 11.4 Å². The van der Waals surface area contributed by atoms with Crippen LogP contribution in [-0.4, -0.2) is 11.9 Å². The first-order valence-electron chi connectivity index (χ1n) is 10.1. The predicted octanol–water partition coefficient (Wildman–Crippen LogP) is 6.01. The van der Waals surface area contributed by atoms with E-state index < -0.39 is 6.03 Å². The molecule has 0 saturated heterocycles. The first-order valence-corrected chi connectivity index (χ1v) is 10.9. The number of nitrogens with zero attached hydrogens (tertiary/aromatic N) is 1. The summed E-state index contributed by atoms with van der Waals surface area (Å²) < 4.78 is 0. The van der Waals surface area contributed by atoms with Crippen LogP contribution in [0.15, 0.2) is 113 Å². The van der Waals surface area contributed by atoms with E-state index in [4.69, 9.17) is 0 Å². The van der Waals surface area contributed by atoms with Gasteiger partial charge in [-0.15, -0.1) is 0 Å². The minimum atomic E-state index is -0.431. The van der Waals surface area contributed by atoms with Crippen LogP contribution >= 0.6 is 11.8 Å². The summed E-state index contributed by atoms with van der Waals surface area (Å²) in [6, 6.07) is 32.2. The molecule has 0 fully saturated rings. The molecule has 0 bridgehead atoms. The number of rotatable bonds is 2. The predicted molar refractivity (Wildman–Crippen MR) is 127 cm³/mol. The fourth-order valence-corrected chi connectivity index (χ4v) is 4.66. The molecule has 1 heterocycles. The van der Waals surface area contributed by atoms with Gasteiger partial charge < -0.3 is 0 Å². The highest BCUT2D eigenvalue weighted by Gasteiger charge is 2.28. The Bertz CT molecular complexity index is 1240. The molecule has 0 spiro atoms. The van der Waals surface area contributed by atoms with Crippen molar-refractivity contribution in [1.29, 1.82) is 0 Å². The van der Waals surface area contributed by atoms with Crippen LogP contribution in [0.25, 0.3) is 11.1 Å². The lowest BCUT2D eigenvalue weighted by molar-refractivity contribution is 0.0937. The molecule has 2 N–H and O–H groups in total. The molecule has 5 rings (SSSR count). The zero-order chi connectivity index (χ0) is 21.9. The Morgan fingerprint density at radius 3 is 1.75 bits per heavy atom. The van der Waals surface area contributed by atoms with Gasteiger partial charge in [-0.3, -0.25) is 15.1 Å². The zero-order valence-corrected chi connectivity index (χ0v) is 17.8. The summed E-state index contributed by atoms with van der Waals surface area (Å²) in [5.74, 6) is -0.383. The standard InChI is InChI=1S/C26H19N3O2S/c30-25(20-16-14-19(15-17-20)18-8-2-1-3-9-18)27-28-26(31)29-21-10-4-6-12-23(21)32-24-13-7-5-11-22(24)29/h1-17H,(H,27,30)(H,28,31). The maximum absolute atomic E-state index is 13.1. The van der Waals surface area contributed by atoms with E-state index in [1.165, 1.54) is 0 Å². The fourth-order valence-electron chi connectivity index (χ4n) is 3.61. The zero-order valence-electron chi connectivity index (χ0n) is 17.0. The van der Waals surface area contributed by atoms with Gasteiger partial charge in [-0.1, -0.05) is 78.5 Å². The second kappa shape index (κ2) is 8.61. The largest absolute Gasteiger partial charge is 0.345 e. The van der Waals surface area contributed by atoms with Crippen molar-refractivity contribution in [2.45, 2.75) is 9.79 Å². The average Bonchev–Trinajstić information content (AvgIpc) is 2.86. The van der Waals surface area contributed by atoms with Gasteiger partial charge >= 0.3 is 6.03 Å². The highest BCUT2D eigenvalue weighted by atomic mass is 32.2. The van der Waals surface area contributed by atoms with Crippen molar-refractivity contribution in [3.05, 3.63) is 109 Å². The number of hydrogen-bond acceptors (Lipinski definition) is 3. The van der Waals surface area contributed by atoms with Crippen molar-refractivity contribution < 1.29 is 9.59 Å². The topological polar surface area (TPSA) is 61.4 Å². The number of fused-ring (bicyclic) bond motifs is 2. The third-order valence-corrected chi connectivity index (χ3v) is 6.30. The van der Waals surface area contributed by atoms with Crippen molar-refractivity contribution in [3.8, 4) is 11.1 Å². The third kappa shape index (κ3) is 3.84. The summed E-state index contributed by atoms with van der Waals surface area (Å²) in [6.45, 7) is 0. The van der Waals surface area contributed by atoms with Gasteiger partial charge in [0.1, 0.15) is 0 Å². The van der Waals surface area contributed by atoms with Crippen molar-refractivity contribution in [2.75, 3.05) is 4.90 Å². The van der Waals surface area contributed by atoms with E-state index in [-0.39, 0.29) is 5.91 Å². The van der Waals surface area contributed by atoms with Gasteiger partial charge in [-0.05, 0) is 47.5 Å². The van der Waals surface area contributed by atoms with Gasteiger partial charge in [0.25, 0.3) is 5.91 Å². The first kappa shape index (κ1) is 19.9. The Balaban J connectivity index is 1.32. The maximum atomic E-state index is 13.1. The van der Waals surface area contributed by atoms with Crippen LogP contribution in [-0.2, 0) is 0 Å². The highest BCUT2D eigenvalue weighted by molar-refractivity contribution is 7.99. The summed E-state index contributed by atoms with van der Waals surface area (Å²) in [4.78, 5) is 29.2. The minimum absolute atomic E-state index is 0.383. The molecule has 0 saturated carbocycles. The van der Waals surface area contributed by atoms with Gasteiger partial charge in [-0.25, -0.2) is 10.2 Å². The molecular formula is C26H19N3O2S. The van der Waals surface area contributed by atoms with Crippen LogP contribution < -0.4 is 15.8 Å². The maximum Gasteiger partial charge on any atom is 0.345 e. The average molecular weight is 438 g/mol. The molecule has 0 unspecified atom stereocenters. The summed E-state index contributed by atoms with van der Waals surface area (Å²) in [5, 5.41) is 0. The van der Waals surface area contributed by atoms with Crippen LogP contribution in [0.4, 0.5) is 16.2 Å². The lowest BCUT2D eigenvalue weighted by atomic mass is 10.0. The Morgan fingerprint density at radius 1 is 0.594 bits per heavy atom. The number of hydrogen-bond donors (Lipinski definition) is 2. The Hall–Kier alpha value is -4.03. The smallest absolute Gasteiger partial charge is 0.267 e. The SMILES string of the molecule is O=C(NNC(=O)N1c2ccccc2Sc2ccccc21)c1ccc(-c2ccccc2)cc1. The monoisotopic (exact) mass is 437 g/mol. The van der Waals surface area contributed by atoms with Crippen LogP contribution in [0.2, 0.25) is 0 Å². The van der Waals surface area contributed by atoms with E-state index in [1.54, 1.807) is 28.8 Å². The van der Waals surface area contributed by atoms with Gasteiger partial charge in [0.15, 0.2) is 0 Å². The van der Waals surface area contributed by atoms with Crippen molar-refractivity contribution in [2.24, 2.45) is 0 Å². The normalized spacial score (nSPS) is 11.8. The molecule has 32 heavy (non-hydrogen) atoms. The number of urea groups is 1. The molecule has 156 valence electrons. The minimum Gasteiger partial charge on any atom is -0.267 e. The van der Waals surface area contributed by atoms with Crippen molar-refractivity contribution in [3.63, 3.8) is 0 Å². The molecule has 0 radical (unpaired) electrons. The Kier molecular flexibility index (Phi) is 5.35. The van der Waals surface area contributed by atoms with E-state index in [2.05, 4.69) is 10.9 Å². The molecule has 0 aliphatic carbocycles. The molecule has 5 nitrogen and oxygen atoms in total. The fraction of sp³-hybridized carbons (Fsp3) is 0. The van der Waals surface area contributed by atoms with E-state index in [0.717, 1.165) is 32.3 Å². The van der Waals surface area contributed by atoms with E-state index in [1.807, 2.05) is 91.0 Å².